The Kier molecular flexibility index (Phi) is 4.55. The van der Waals surface area contributed by atoms with Gasteiger partial charge in [0.05, 0.1) is 6.04 Å². The molecule has 0 spiro atoms. The lowest BCUT2D eigenvalue weighted by molar-refractivity contribution is -0.126. The minimum absolute atomic E-state index is 0.149. The third-order valence-electron chi connectivity index (χ3n) is 3.00. The van der Waals surface area contributed by atoms with E-state index in [1.54, 1.807) is 0 Å². The van der Waals surface area contributed by atoms with Crippen LogP contribution in [0.5, 0.6) is 0 Å². The van der Waals surface area contributed by atoms with Crippen molar-refractivity contribution in [3.8, 4) is 0 Å². The Bertz CT molecular complexity index is 198. The van der Waals surface area contributed by atoms with E-state index >= 15 is 0 Å². The quantitative estimate of drug-likeness (QED) is 0.402. The van der Waals surface area contributed by atoms with Crippen LogP contribution in [0.3, 0.4) is 0 Å². The molecule has 3 N–H and O–H groups in total. The molecule has 0 aliphatic carbocycles. The van der Waals surface area contributed by atoms with Crippen LogP contribution < -0.4 is 11.3 Å². The Hall–Kier alpha value is -0.610. The van der Waals surface area contributed by atoms with E-state index in [0.717, 1.165) is 0 Å². The molecule has 0 heterocycles. The first kappa shape index (κ1) is 13.4. The number of nitrogens with one attached hydrogen (secondary N) is 1. The maximum atomic E-state index is 11.3. The number of carbonyl (C=O) groups is 1. The Morgan fingerprint density at radius 1 is 1.36 bits per heavy atom. The molecule has 0 saturated carbocycles. The molecule has 2 unspecified atom stereocenters. The first-order chi connectivity index (χ1) is 6.21. The van der Waals surface area contributed by atoms with Crippen molar-refractivity contribution in [3.05, 3.63) is 0 Å². The number of nitrogens with zero attached hydrogens (tertiary/aromatic N) is 1. The number of likely N-dealkylation sites (N-methyl/N-ethyl adjacent to an activating group) is 1. The molecule has 0 bridgehead atoms. The lowest BCUT2D eigenvalue weighted by atomic mass is 9.86. The first-order valence-electron chi connectivity index (χ1n) is 4.94. The van der Waals surface area contributed by atoms with Gasteiger partial charge in [0.25, 0.3) is 5.91 Å². The molecule has 2 atom stereocenters. The lowest BCUT2D eigenvalue weighted by Gasteiger charge is -2.38. The number of hydrazine groups is 1. The summed E-state index contributed by atoms with van der Waals surface area (Å²) < 4.78 is 0. The summed E-state index contributed by atoms with van der Waals surface area (Å²) in [7, 11) is 1.94. The molecule has 1 amide bonds. The number of hydrogen-bond acceptors (Lipinski definition) is 3. The minimum Gasteiger partial charge on any atom is -0.293 e. The van der Waals surface area contributed by atoms with Crippen LogP contribution in [0, 0.1) is 5.41 Å². The summed E-state index contributed by atoms with van der Waals surface area (Å²) in [6.45, 7) is 10.4. The predicted molar refractivity (Wildman–Crippen MR) is 58.5 cm³/mol. The topological polar surface area (TPSA) is 58.4 Å². The first-order valence-corrected chi connectivity index (χ1v) is 4.94. The van der Waals surface area contributed by atoms with Gasteiger partial charge in [0.1, 0.15) is 0 Å². The van der Waals surface area contributed by atoms with Gasteiger partial charge in [0, 0.05) is 6.04 Å². The summed E-state index contributed by atoms with van der Waals surface area (Å²) in [4.78, 5) is 13.3. The van der Waals surface area contributed by atoms with Crippen molar-refractivity contribution in [1.29, 1.82) is 0 Å². The van der Waals surface area contributed by atoms with Gasteiger partial charge in [-0.2, -0.15) is 0 Å². The Morgan fingerprint density at radius 2 is 1.79 bits per heavy atom. The summed E-state index contributed by atoms with van der Waals surface area (Å²) in [5.74, 6) is 4.94. The third-order valence-corrected chi connectivity index (χ3v) is 3.00. The zero-order valence-corrected chi connectivity index (χ0v) is 10.1. The van der Waals surface area contributed by atoms with Crippen LogP contribution in [0.15, 0.2) is 0 Å². The molecule has 0 saturated heterocycles. The summed E-state index contributed by atoms with van der Waals surface area (Å²) >= 11 is 0. The van der Waals surface area contributed by atoms with Gasteiger partial charge in [0.15, 0.2) is 0 Å². The average Bonchev–Trinajstić information content (AvgIpc) is 2.11. The van der Waals surface area contributed by atoms with Crippen LogP contribution in [0.4, 0.5) is 0 Å². The van der Waals surface area contributed by atoms with E-state index < -0.39 is 0 Å². The molecule has 0 aliphatic rings. The zero-order valence-electron chi connectivity index (χ0n) is 10.1. The van der Waals surface area contributed by atoms with E-state index in [-0.39, 0.29) is 17.4 Å². The molecular weight excluding hydrogens is 178 g/mol. The third kappa shape index (κ3) is 3.27. The Morgan fingerprint density at radius 3 is 2.07 bits per heavy atom. The molecule has 14 heavy (non-hydrogen) atoms. The van der Waals surface area contributed by atoms with Crippen molar-refractivity contribution in [1.82, 2.24) is 10.3 Å². The highest BCUT2D eigenvalue weighted by molar-refractivity contribution is 5.80. The molecule has 0 rings (SSSR count). The second kappa shape index (κ2) is 4.75. The van der Waals surface area contributed by atoms with Crippen molar-refractivity contribution in [3.63, 3.8) is 0 Å². The molecule has 0 aromatic heterocycles. The number of hydrogen-bond donors (Lipinski definition) is 2. The monoisotopic (exact) mass is 201 g/mol. The number of carbonyl (C=O) groups excluding carboxylic acids is 1. The summed E-state index contributed by atoms with van der Waals surface area (Å²) in [5, 5.41) is 0. The summed E-state index contributed by atoms with van der Waals surface area (Å²) in [6, 6.07) is 0.115. The van der Waals surface area contributed by atoms with Gasteiger partial charge in [-0.05, 0) is 26.3 Å². The van der Waals surface area contributed by atoms with Crippen LogP contribution >= 0.6 is 0 Å². The number of rotatable bonds is 3. The van der Waals surface area contributed by atoms with Crippen molar-refractivity contribution in [2.45, 2.75) is 46.7 Å². The highest BCUT2D eigenvalue weighted by Gasteiger charge is 2.29. The summed E-state index contributed by atoms with van der Waals surface area (Å²) in [5.41, 5.74) is 2.32. The molecule has 0 aromatic carbocycles. The molecular formula is C10H23N3O. The maximum Gasteiger partial charge on any atom is 0.250 e. The highest BCUT2D eigenvalue weighted by Crippen LogP contribution is 2.24. The van der Waals surface area contributed by atoms with Gasteiger partial charge in [-0.15, -0.1) is 0 Å². The molecule has 0 radical (unpaired) electrons. The zero-order chi connectivity index (χ0) is 11.5. The van der Waals surface area contributed by atoms with Crippen molar-refractivity contribution >= 4 is 5.91 Å². The lowest BCUT2D eigenvalue weighted by Crippen LogP contribution is -2.51. The second-order valence-corrected chi connectivity index (χ2v) is 4.89. The second-order valence-electron chi connectivity index (χ2n) is 4.89. The van der Waals surface area contributed by atoms with E-state index in [1.807, 2.05) is 18.9 Å². The smallest absolute Gasteiger partial charge is 0.250 e. The van der Waals surface area contributed by atoms with Gasteiger partial charge < -0.3 is 0 Å². The number of amides is 1. The van der Waals surface area contributed by atoms with E-state index in [4.69, 9.17) is 5.84 Å². The predicted octanol–water partition coefficient (Wildman–Crippen LogP) is 0.731. The molecule has 4 nitrogen and oxygen atoms in total. The molecule has 4 heteroatoms. The average molecular weight is 201 g/mol. The van der Waals surface area contributed by atoms with Crippen molar-refractivity contribution in [2.75, 3.05) is 7.05 Å². The van der Waals surface area contributed by atoms with Gasteiger partial charge in [0.2, 0.25) is 0 Å². The largest absolute Gasteiger partial charge is 0.293 e. The number of nitrogens with two attached hydrogens (primary N) is 1. The fourth-order valence-corrected chi connectivity index (χ4v) is 1.25. The van der Waals surface area contributed by atoms with E-state index in [0.29, 0.717) is 6.04 Å². The van der Waals surface area contributed by atoms with Gasteiger partial charge in [-0.25, -0.2) is 5.84 Å². The van der Waals surface area contributed by atoms with Gasteiger partial charge in [-0.1, -0.05) is 20.8 Å². The van der Waals surface area contributed by atoms with E-state index in [1.165, 1.54) is 0 Å². The van der Waals surface area contributed by atoms with Crippen LogP contribution in [0.1, 0.15) is 34.6 Å². The SMILES string of the molecule is CC(C(=O)NN)N(C)C(C)C(C)(C)C. The van der Waals surface area contributed by atoms with Crippen LogP contribution in [0.2, 0.25) is 0 Å². The molecule has 0 fully saturated rings. The maximum absolute atomic E-state index is 11.3. The molecule has 84 valence electrons. The normalized spacial score (nSPS) is 16.6. The summed E-state index contributed by atoms with van der Waals surface area (Å²) in [6.07, 6.45) is 0. The van der Waals surface area contributed by atoms with Gasteiger partial charge >= 0.3 is 0 Å². The van der Waals surface area contributed by atoms with Gasteiger partial charge in [-0.3, -0.25) is 15.1 Å². The van der Waals surface area contributed by atoms with Crippen molar-refractivity contribution in [2.24, 2.45) is 11.3 Å². The van der Waals surface area contributed by atoms with Crippen LogP contribution in [0.25, 0.3) is 0 Å². The standard InChI is InChI=1S/C10H23N3O/c1-7(9(14)12-11)13(6)8(2)10(3,4)5/h7-8H,11H2,1-6H3,(H,12,14). The molecule has 0 aromatic rings. The van der Waals surface area contributed by atoms with Crippen LogP contribution in [-0.2, 0) is 4.79 Å². The Labute approximate surface area is 86.8 Å². The minimum atomic E-state index is -0.200. The van der Waals surface area contributed by atoms with Crippen molar-refractivity contribution < 1.29 is 4.79 Å². The fourth-order valence-electron chi connectivity index (χ4n) is 1.25. The van der Waals surface area contributed by atoms with Crippen LogP contribution in [-0.4, -0.2) is 29.9 Å². The highest BCUT2D eigenvalue weighted by atomic mass is 16.2. The molecule has 0 aliphatic heterocycles. The van der Waals surface area contributed by atoms with E-state index in [9.17, 15) is 4.79 Å². The Balaban J connectivity index is 4.46. The van der Waals surface area contributed by atoms with E-state index in [2.05, 4.69) is 33.1 Å². The fraction of sp³-hybridized carbons (Fsp3) is 0.900.